The van der Waals surface area contributed by atoms with Crippen molar-refractivity contribution < 1.29 is 9.59 Å². The van der Waals surface area contributed by atoms with Crippen LogP contribution in [0, 0.1) is 0 Å². The monoisotopic (exact) mass is 239 g/mol. The summed E-state index contributed by atoms with van der Waals surface area (Å²) in [7, 11) is 0. The Morgan fingerprint density at radius 2 is 2.38 bits per heavy atom. The molecule has 1 saturated heterocycles. The molecule has 0 spiro atoms. The van der Waals surface area contributed by atoms with E-state index in [-0.39, 0.29) is 24.4 Å². The molecule has 2 unspecified atom stereocenters. The van der Waals surface area contributed by atoms with Gasteiger partial charge in [0.2, 0.25) is 11.8 Å². The van der Waals surface area contributed by atoms with Gasteiger partial charge in [0, 0.05) is 11.6 Å². The molecule has 5 nitrogen and oxygen atoms in total. The summed E-state index contributed by atoms with van der Waals surface area (Å²) in [4.78, 5) is 29.0. The number of carbonyl (C=O) groups is 2. The van der Waals surface area contributed by atoms with Gasteiger partial charge in [0.1, 0.15) is 17.6 Å². The van der Waals surface area contributed by atoms with Crippen molar-refractivity contribution in [1.29, 1.82) is 0 Å². The van der Waals surface area contributed by atoms with Crippen molar-refractivity contribution >= 4 is 23.2 Å². The second-order valence-corrected chi connectivity index (χ2v) is 4.73. The first-order valence-corrected chi connectivity index (χ1v) is 5.97. The van der Waals surface area contributed by atoms with Crippen molar-refractivity contribution in [3.63, 3.8) is 0 Å². The van der Waals surface area contributed by atoms with Crippen LogP contribution in [0.1, 0.15) is 24.9 Å². The van der Waals surface area contributed by atoms with Gasteiger partial charge in [-0.2, -0.15) is 0 Å². The number of hydrogen-bond donors (Lipinski definition) is 1. The minimum Gasteiger partial charge on any atom is -0.343 e. The van der Waals surface area contributed by atoms with Crippen LogP contribution in [0.25, 0.3) is 0 Å². The van der Waals surface area contributed by atoms with E-state index < -0.39 is 6.04 Å². The third-order valence-corrected chi connectivity index (χ3v) is 3.57. The summed E-state index contributed by atoms with van der Waals surface area (Å²) in [5.41, 5.74) is 0. The van der Waals surface area contributed by atoms with Gasteiger partial charge in [-0.25, -0.2) is 4.98 Å². The lowest BCUT2D eigenvalue weighted by atomic mass is 10.1. The number of thiazole rings is 1. The van der Waals surface area contributed by atoms with Crippen LogP contribution in [0.2, 0.25) is 0 Å². The van der Waals surface area contributed by atoms with Gasteiger partial charge < -0.3 is 10.2 Å². The van der Waals surface area contributed by atoms with Crippen molar-refractivity contribution in [2.24, 2.45) is 0 Å². The maximum Gasteiger partial charge on any atom is 0.245 e. The van der Waals surface area contributed by atoms with E-state index in [1.807, 2.05) is 12.3 Å². The van der Waals surface area contributed by atoms with Crippen LogP contribution in [0.4, 0.5) is 0 Å². The van der Waals surface area contributed by atoms with E-state index in [2.05, 4.69) is 10.3 Å². The Bertz CT molecular complexity index is 404. The van der Waals surface area contributed by atoms with Gasteiger partial charge in [0.25, 0.3) is 0 Å². The van der Waals surface area contributed by atoms with E-state index >= 15 is 0 Å². The zero-order valence-electron chi connectivity index (χ0n) is 9.14. The van der Waals surface area contributed by atoms with E-state index in [9.17, 15) is 9.59 Å². The van der Waals surface area contributed by atoms with Gasteiger partial charge in [-0.3, -0.25) is 9.59 Å². The van der Waals surface area contributed by atoms with Gasteiger partial charge in [-0.1, -0.05) is 0 Å². The predicted octanol–water partition coefficient (Wildman–Crippen LogP) is 0.551. The average molecular weight is 239 g/mol. The molecule has 1 aliphatic heterocycles. The number of amides is 2. The van der Waals surface area contributed by atoms with Crippen LogP contribution in [0.5, 0.6) is 0 Å². The predicted molar refractivity (Wildman–Crippen MR) is 59.8 cm³/mol. The van der Waals surface area contributed by atoms with Crippen LogP contribution in [0.3, 0.4) is 0 Å². The lowest BCUT2D eigenvalue weighted by Crippen LogP contribution is -2.57. The summed E-state index contributed by atoms with van der Waals surface area (Å²) >= 11 is 1.49. The molecule has 1 fully saturated rings. The molecular weight excluding hydrogens is 226 g/mol. The molecule has 2 amide bonds. The van der Waals surface area contributed by atoms with Gasteiger partial charge in [0.15, 0.2) is 0 Å². The van der Waals surface area contributed by atoms with Gasteiger partial charge in [0.05, 0.1) is 6.04 Å². The molecule has 1 aliphatic rings. The molecule has 0 radical (unpaired) electrons. The summed E-state index contributed by atoms with van der Waals surface area (Å²) in [5.74, 6) is -0.169. The van der Waals surface area contributed by atoms with E-state index in [4.69, 9.17) is 0 Å². The fourth-order valence-corrected chi connectivity index (χ4v) is 2.44. The van der Waals surface area contributed by atoms with Crippen molar-refractivity contribution in [2.75, 3.05) is 6.54 Å². The normalized spacial score (nSPS) is 23.1. The SMILES string of the molecule is CC1NC(=O)CN(C(C)c2nccs2)C1=O. The van der Waals surface area contributed by atoms with Crippen LogP contribution in [-0.4, -0.2) is 34.3 Å². The summed E-state index contributed by atoms with van der Waals surface area (Å²) < 4.78 is 0. The molecule has 6 heteroatoms. The highest BCUT2D eigenvalue weighted by atomic mass is 32.1. The molecule has 1 aromatic heterocycles. The highest BCUT2D eigenvalue weighted by molar-refractivity contribution is 7.09. The molecule has 86 valence electrons. The van der Waals surface area contributed by atoms with E-state index in [0.29, 0.717) is 0 Å². The molecule has 1 aromatic rings. The Labute approximate surface area is 97.5 Å². The van der Waals surface area contributed by atoms with Gasteiger partial charge >= 0.3 is 0 Å². The van der Waals surface area contributed by atoms with Crippen LogP contribution in [0.15, 0.2) is 11.6 Å². The second kappa shape index (κ2) is 4.21. The lowest BCUT2D eigenvalue weighted by Gasteiger charge is -2.34. The maximum absolute atomic E-state index is 11.9. The molecule has 1 N–H and O–H groups in total. The molecule has 0 aliphatic carbocycles. The Morgan fingerprint density at radius 1 is 1.62 bits per heavy atom. The van der Waals surface area contributed by atoms with Crippen LogP contribution in [-0.2, 0) is 9.59 Å². The maximum atomic E-state index is 11.9. The minimum atomic E-state index is -0.441. The molecule has 16 heavy (non-hydrogen) atoms. The zero-order valence-corrected chi connectivity index (χ0v) is 9.95. The standard InChI is InChI=1S/C10H13N3O2S/c1-6-10(15)13(5-8(14)12-6)7(2)9-11-3-4-16-9/h3-4,6-7H,5H2,1-2H3,(H,12,14). The highest BCUT2D eigenvalue weighted by Gasteiger charge is 2.33. The third-order valence-electron chi connectivity index (χ3n) is 2.62. The van der Waals surface area contributed by atoms with Crippen molar-refractivity contribution in [3.05, 3.63) is 16.6 Å². The number of nitrogens with one attached hydrogen (secondary N) is 1. The number of aromatic nitrogens is 1. The largest absolute Gasteiger partial charge is 0.343 e. The van der Waals surface area contributed by atoms with Gasteiger partial charge in [-0.05, 0) is 13.8 Å². The average Bonchev–Trinajstić information content (AvgIpc) is 2.75. The fraction of sp³-hybridized carbons (Fsp3) is 0.500. The Balaban J connectivity index is 2.19. The molecule has 0 aromatic carbocycles. The molecular formula is C10H13N3O2S. The number of carbonyl (C=O) groups excluding carboxylic acids is 2. The lowest BCUT2D eigenvalue weighted by molar-refractivity contribution is -0.145. The Kier molecular flexibility index (Phi) is 2.91. The molecule has 2 atom stereocenters. The van der Waals surface area contributed by atoms with Crippen LogP contribution >= 0.6 is 11.3 Å². The van der Waals surface area contributed by atoms with Crippen LogP contribution < -0.4 is 5.32 Å². The summed E-state index contributed by atoms with van der Waals surface area (Å²) in [6, 6.07) is -0.579. The van der Waals surface area contributed by atoms with Crippen molar-refractivity contribution in [1.82, 2.24) is 15.2 Å². The number of hydrogen-bond acceptors (Lipinski definition) is 4. The van der Waals surface area contributed by atoms with E-state index in [0.717, 1.165) is 5.01 Å². The first-order chi connectivity index (χ1) is 7.59. The third kappa shape index (κ3) is 1.92. The van der Waals surface area contributed by atoms with Crippen molar-refractivity contribution in [3.8, 4) is 0 Å². The first kappa shape index (κ1) is 11.1. The first-order valence-electron chi connectivity index (χ1n) is 5.09. The highest BCUT2D eigenvalue weighted by Crippen LogP contribution is 2.23. The summed E-state index contributed by atoms with van der Waals surface area (Å²) in [6.45, 7) is 3.70. The molecule has 0 saturated carbocycles. The topological polar surface area (TPSA) is 62.3 Å². The Hall–Kier alpha value is -1.43. The minimum absolute atomic E-state index is 0.0534. The Morgan fingerprint density at radius 3 is 3.00 bits per heavy atom. The zero-order chi connectivity index (χ0) is 11.7. The second-order valence-electron chi connectivity index (χ2n) is 3.80. The number of piperazine rings is 1. The van der Waals surface area contributed by atoms with E-state index in [1.54, 1.807) is 18.0 Å². The molecule has 0 bridgehead atoms. The number of nitrogens with zero attached hydrogens (tertiary/aromatic N) is 2. The summed E-state index contributed by atoms with van der Waals surface area (Å²) in [6.07, 6.45) is 1.70. The fourth-order valence-electron chi connectivity index (χ4n) is 1.73. The van der Waals surface area contributed by atoms with Crippen molar-refractivity contribution in [2.45, 2.75) is 25.9 Å². The smallest absolute Gasteiger partial charge is 0.245 e. The van der Waals surface area contributed by atoms with E-state index in [1.165, 1.54) is 11.3 Å². The molecule has 2 rings (SSSR count). The summed E-state index contributed by atoms with van der Waals surface area (Å²) in [5, 5.41) is 5.33. The number of rotatable bonds is 2. The molecule has 2 heterocycles. The quantitative estimate of drug-likeness (QED) is 0.820. The van der Waals surface area contributed by atoms with Gasteiger partial charge in [-0.15, -0.1) is 11.3 Å².